The Labute approximate surface area is 181 Å². The topological polar surface area (TPSA) is 75.3 Å². The number of hydrogen-bond acceptors (Lipinski definition) is 5. The summed E-state index contributed by atoms with van der Waals surface area (Å²) in [6.45, 7) is 1.65. The van der Waals surface area contributed by atoms with E-state index < -0.39 is 15.8 Å². The summed E-state index contributed by atoms with van der Waals surface area (Å²) in [5, 5.41) is 4.59. The SMILES string of the molecule is Cc1ccc(NC(=O)Cc2cccs2)cc1S(=O)(=O)Nc1ccc(SC(F)F)cc1. The van der Waals surface area contributed by atoms with Gasteiger partial charge in [-0.05, 0) is 60.3 Å². The van der Waals surface area contributed by atoms with Crippen molar-refractivity contribution >= 4 is 50.4 Å². The summed E-state index contributed by atoms with van der Waals surface area (Å²) in [7, 11) is -3.94. The Kier molecular flexibility index (Phi) is 7.11. The smallest absolute Gasteiger partial charge is 0.288 e. The van der Waals surface area contributed by atoms with E-state index in [0.717, 1.165) is 4.88 Å². The van der Waals surface area contributed by atoms with E-state index >= 15 is 0 Å². The number of hydrogen-bond donors (Lipinski definition) is 2. The average Bonchev–Trinajstić information content (AvgIpc) is 3.17. The molecule has 10 heteroatoms. The molecule has 0 saturated carbocycles. The number of sulfonamides is 1. The van der Waals surface area contributed by atoms with Gasteiger partial charge in [0.05, 0.1) is 11.3 Å². The molecule has 5 nitrogen and oxygen atoms in total. The lowest BCUT2D eigenvalue weighted by Crippen LogP contribution is -2.17. The molecule has 0 unspecified atom stereocenters. The van der Waals surface area contributed by atoms with E-state index in [9.17, 15) is 22.0 Å². The Balaban J connectivity index is 1.74. The average molecular weight is 469 g/mol. The maximum absolute atomic E-state index is 12.8. The predicted octanol–water partition coefficient (Wildman–Crippen LogP) is 5.35. The van der Waals surface area contributed by atoms with Crippen molar-refractivity contribution in [3.63, 3.8) is 0 Å². The summed E-state index contributed by atoms with van der Waals surface area (Å²) in [4.78, 5) is 13.5. The fourth-order valence-corrected chi connectivity index (χ4v) is 5.19. The molecule has 3 aromatic rings. The van der Waals surface area contributed by atoms with Crippen molar-refractivity contribution in [1.29, 1.82) is 0 Å². The fraction of sp³-hybridized carbons (Fsp3) is 0.150. The molecule has 158 valence electrons. The summed E-state index contributed by atoms with van der Waals surface area (Å²) in [5.41, 5.74) is 1.12. The van der Waals surface area contributed by atoms with Crippen LogP contribution in [0.25, 0.3) is 0 Å². The third kappa shape index (κ3) is 6.04. The van der Waals surface area contributed by atoms with Gasteiger partial charge >= 0.3 is 0 Å². The molecule has 0 aliphatic heterocycles. The minimum atomic E-state index is -3.94. The Morgan fingerprint density at radius 1 is 1.10 bits per heavy atom. The van der Waals surface area contributed by atoms with Crippen molar-refractivity contribution < 1.29 is 22.0 Å². The second-order valence-electron chi connectivity index (χ2n) is 6.29. The van der Waals surface area contributed by atoms with Crippen LogP contribution in [0, 0.1) is 6.92 Å². The molecular formula is C20H18F2N2O3S3. The van der Waals surface area contributed by atoms with E-state index in [4.69, 9.17) is 0 Å². The lowest BCUT2D eigenvalue weighted by atomic mass is 10.2. The Hall–Kier alpha value is -2.43. The zero-order valence-corrected chi connectivity index (χ0v) is 18.2. The first-order chi connectivity index (χ1) is 14.2. The summed E-state index contributed by atoms with van der Waals surface area (Å²) < 4.78 is 52.9. The van der Waals surface area contributed by atoms with Crippen molar-refractivity contribution in [3.8, 4) is 0 Å². The number of aryl methyl sites for hydroxylation is 1. The number of thioether (sulfide) groups is 1. The molecule has 1 aromatic heterocycles. The van der Waals surface area contributed by atoms with Crippen molar-refractivity contribution in [3.05, 3.63) is 70.4 Å². The first-order valence-corrected chi connectivity index (χ1v) is 12.0. The number of halogens is 2. The van der Waals surface area contributed by atoms with Gasteiger partial charge in [0.25, 0.3) is 15.8 Å². The Morgan fingerprint density at radius 2 is 1.80 bits per heavy atom. The molecule has 0 saturated heterocycles. The lowest BCUT2D eigenvalue weighted by molar-refractivity contribution is -0.115. The van der Waals surface area contributed by atoms with Crippen LogP contribution in [0.5, 0.6) is 0 Å². The fourth-order valence-electron chi connectivity index (χ4n) is 2.66. The molecule has 0 fully saturated rings. The number of nitrogens with one attached hydrogen (secondary N) is 2. The first kappa shape index (κ1) is 22.3. The molecule has 0 radical (unpaired) electrons. The van der Waals surface area contributed by atoms with Crippen molar-refractivity contribution in [2.24, 2.45) is 0 Å². The van der Waals surface area contributed by atoms with Gasteiger partial charge in [-0.15, -0.1) is 11.3 Å². The number of carbonyl (C=O) groups is 1. The lowest BCUT2D eigenvalue weighted by Gasteiger charge is -2.13. The van der Waals surface area contributed by atoms with E-state index in [2.05, 4.69) is 10.0 Å². The number of rotatable bonds is 8. The number of benzene rings is 2. The van der Waals surface area contributed by atoms with Gasteiger partial charge in [-0.25, -0.2) is 8.42 Å². The third-order valence-electron chi connectivity index (χ3n) is 4.01. The highest BCUT2D eigenvalue weighted by Gasteiger charge is 2.18. The van der Waals surface area contributed by atoms with E-state index in [1.165, 1.54) is 41.7 Å². The standard InChI is InChI=1S/C20H18F2N2O3S3/c1-13-4-5-15(23-19(25)12-17-3-2-10-28-17)11-18(13)30(26,27)24-14-6-8-16(9-7-14)29-20(21)22/h2-11,20,24H,12H2,1H3,(H,23,25). The van der Waals surface area contributed by atoms with Crippen LogP contribution in [0.1, 0.15) is 10.4 Å². The minimum absolute atomic E-state index is 0.0162. The minimum Gasteiger partial charge on any atom is -0.326 e. The Morgan fingerprint density at radius 3 is 2.43 bits per heavy atom. The van der Waals surface area contributed by atoms with Crippen LogP contribution in [0.15, 0.2) is 69.8 Å². The quantitative estimate of drug-likeness (QED) is 0.437. The molecule has 0 bridgehead atoms. The number of alkyl halides is 2. The predicted molar refractivity (Wildman–Crippen MR) is 117 cm³/mol. The van der Waals surface area contributed by atoms with Gasteiger partial charge in [-0.1, -0.05) is 23.9 Å². The zero-order valence-electron chi connectivity index (χ0n) is 15.8. The largest absolute Gasteiger partial charge is 0.326 e. The normalized spacial score (nSPS) is 11.5. The van der Waals surface area contributed by atoms with Gasteiger partial charge in [-0.2, -0.15) is 8.78 Å². The van der Waals surface area contributed by atoms with Crippen molar-refractivity contribution in [2.45, 2.75) is 28.9 Å². The van der Waals surface area contributed by atoms with Crippen molar-refractivity contribution in [2.75, 3.05) is 10.0 Å². The molecule has 0 atom stereocenters. The molecule has 1 amide bonds. The number of thiophene rings is 1. The highest BCUT2D eigenvalue weighted by molar-refractivity contribution is 7.99. The number of anilines is 2. The van der Waals surface area contributed by atoms with E-state index in [-0.39, 0.29) is 22.9 Å². The highest BCUT2D eigenvalue weighted by Crippen LogP contribution is 2.28. The maximum Gasteiger partial charge on any atom is 0.288 e. The van der Waals surface area contributed by atoms with Crippen LogP contribution in [0.3, 0.4) is 0 Å². The molecular weight excluding hydrogens is 450 g/mol. The zero-order chi connectivity index (χ0) is 21.7. The molecule has 2 aromatic carbocycles. The summed E-state index contributed by atoms with van der Waals surface area (Å²) >= 11 is 1.85. The third-order valence-corrected chi connectivity index (χ3v) is 7.13. The van der Waals surface area contributed by atoms with Gasteiger partial charge in [-0.3, -0.25) is 9.52 Å². The molecule has 2 N–H and O–H groups in total. The second kappa shape index (κ2) is 9.59. The van der Waals surface area contributed by atoms with Crippen LogP contribution in [-0.2, 0) is 21.2 Å². The molecule has 0 spiro atoms. The van der Waals surface area contributed by atoms with Gasteiger partial charge in [0.1, 0.15) is 0 Å². The van der Waals surface area contributed by atoms with Crippen LogP contribution < -0.4 is 10.0 Å². The first-order valence-electron chi connectivity index (χ1n) is 8.73. The summed E-state index contributed by atoms with van der Waals surface area (Å²) in [5.74, 6) is -2.79. The van der Waals surface area contributed by atoms with Crippen LogP contribution in [0.4, 0.5) is 20.2 Å². The van der Waals surface area contributed by atoms with Crippen LogP contribution >= 0.6 is 23.1 Å². The van der Waals surface area contributed by atoms with E-state index in [1.807, 2.05) is 17.5 Å². The number of amides is 1. The molecule has 0 aliphatic carbocycles. The molecule has 30 heavy (non-hydrogen) atoms. The summed E-state index contributed by atoms with van der Waals surface area (Å²) in [6.07, 6.45) is 0.203. The Bertz CT molecular complexity index is 1120. The monoisotopic (exact) mass is 468 g/mol. The van der Waals surface area contributed by atoms with Crippen molar-refractivity contribution in [1.82, 2.24) is 0 Å². The maximum atomic E-state index is 12.8. The van der Waals surface area contributed by atoms with Gasteiger partial charge in [0.15, 0.2) is 0 Å². The van der Waals surface area contributed by atoms with Gasteiger partial charge in [0.2, 0.25) is 5.91 Å². The van der Waals surface area contributed by atoms with Crippen LogP contribution in [-0.4, -0.2) is 20.1 Å². The highest BCUT2D eigenvalue weighted by atomic mass is 32.2. The molecule has 0 aliphatic rings. The molecule has 1 heterocycles. The van der Waals surface area contributed by atoms with E-state index in [0.29, 0.717) is 27.9 Å². The van der Waals surface area contributed by atoms with Crippen LogP contribution in [0.2, 0.25) is 0 Å². The number of carbonyl (C=O) groups excluding carboxylic acids is 1. The second-order valence-corrected chi connectivity index (χ2v) is 10.0. The van der Waals surface area contributed by atoms with Gasteiger partial charge < -0.3 is 5.32 Å². The molecule has 3 rings (SSSR count). The summed E-state index contributed by atoms with van der Waals surface area (Å²) in [6, 6.07) is 14.0. The van der Waals surface area contributed by atoms with Gasteiger partial charge in [0, 0.05) is 21.1 Å². The van der Waals surface area contributed by atoms with E-state index in [1.54, 1.807) is 19.1 Å².